The van der Waals surface area contributed by atoms with Gasteiger partial charge in [0.25, 0.3) is 0 Å². The Balaban J connectivity index is 0.000000385. The number of alkyl halides is 2. The molecule has 2 unspecified atom stereocenters. The molecule has 0 radical (unpaired) electrons. The minimum atomic E-state index is -2.75. The average molecular weight is 257 g/mol. The summed E-state index contributed by atoms with van der Waals surface area (Å²) < 4.78 is 34.2. The summed E-state index contributed by atoms with van der Waals surface area (Å²) >= 11 is -0.704. The van der Waals surface area contributed by atoms with Crippen molar-refractivity contribution in [2.45, 2.75) is 31.2 Å². The van der Waals surface area contributed by atoms with Crippen molar-refractivity contribution in [3.8, 4) is 0 Å². The molecule has 94 valence electrons. The number of hydrogen-bond donors (Lipinski definition) is 1. The summed E-state index contributed by atoms with van der Waals surface area (Å²) in [5.74, 6) is -2.75. The number of hydrogen-bond acceptors (Lipinski definition) is 4. The Morgan fingerprint density at radius 3 is 2.38 bits per heavy atom. The van der Waals surface area contributed by atoms with Crippen LogP contribution in [0.4, 0.5) is 13.6 Å². The fourth-order valence-corrected chi connectivity index (χ4v) is 1.44. The number of likely N-dealkylation sites (tertiary alicyclic amines) is 1. The third-order valence-electron chi connectivity index (χ3n) is 2.09. The maximum Gasteiger partial charge on any atom is 0.538 e. The molecule has 1 saturated heterocycles. The number of amides is 1. The Bertz CT molecular complexity index is 243. The second-order valence-corrected chi connectivity index (χ2v) is 3.87. The van der Waals surface area contributed by atoms with Crippen LogP contribution in [0.2, 0.25) is 0 Å². The third kappa shape index (κ3) is 5.26. The van der Waals surface area contributed by atoms with Crippen LogP contribution in [0.1, 0.15) is 13.3 Å². The predicted molar refractivity (Wildman–Crippen MR) is 55.2 cm³/mol. The summed E-state index contributed by atoms with van der Waals surface area (Å²) in [6, 6.07) is 0.335. The Kier molecular flexibility index (Phi) is 6.98. The maximum atomic E-state index is 11.0. The average Bonchev–Trinajstić information content (AvgIpc) is 2.57. The highest BCUT2D eigenvalue weighted by molar-refractivity contribution is 7.65. The minimum Gasteiger partial charge on any atom is -0.453 e. The van der Waals surface area contributed by atoms with Crippen LogP contribution in [0.25, 0.3) is 0 Å². The summed E-state index contributed by atoms with van der Waals surface area (Å²) in [4.78, 5) is 12.7. The van der Waals surface area contributed by atoms with E-state index in [-0.39, 0.29) is 18.2 Å². The first kappa shape index (κ1) is 15.1. The topological polar surface area (TPSA) is 72.6 Å². The van der Waals surface area contributed by atoms with Crippen molar-refractivity contribution in [1.29, 1.82) is 0 Å². The van der Waals surface area contributed by atoms with E-state index < -0.39 is 17.4 Å². The summed E-state index contributed by atoms with van der Waals surface area (Å²) in [6.07, 6.45) is 0.597. The molecule has 0 spiro atoms. The molecule has 0 aromatic carbocycles. The summed E-state index contributed by atoms with van der Waals surface area (Å²) in [5, 5.41) is 0. The van der Waals surface area contributed by atoms with Crippen LogP contribution < -0.4 is 5.73 Å². The van der Waals surface area contributed by atoms with E-state index in [0.29, 0.717) is 6.54 Å². The summed E-state index contributed by atoms with van der Waals surface area (Å²) in [5.41, 5.74) is 5.66. The summed E-state index contributed by atoms with van der Waals surface area (Å²) in [6.45, 7) is 2.59. The van der Waals surface area contributed by atoms with Gasteiger partial charge < -0.3 is 15.4 Å². The number of carbonyl (C=O) groups excluding carboxylic acids is 1. The molecule has 1 heterocycles. The molecule has 1 aliphatic heterocycles. The second-order valence-electron chi connectivity index (χ2n) is 3.32. The van der Waals surface area contributed by atoms with Crippen molar-refractivity contribution < 1.29 is 22.5 Å². The molecular weight excluding hydrogens is 242 g/mol. The molecule has 0 aromatic heterocycles. The van der Waals surface area contributed by atoms with Gasteiger partial charge in [0.2, 0.25) is 0 Å². The van der Waals surface area contributed by atoms with E-state index in [1.54, 1.807) is 4.90 Å². The van der Waals surface area contributed by atoms with Gasteiger partial charge >= 0.3 is 23.5 Å². The van der Waals surface area contributed by atoms with Gasteiger partial charge in [0, 0.05) is 22.8 Å². The van der Waals surface area contributed by atoms with Crippen LogP contribution in [-0.4, -0.2) is 42.5 Å². The maximum absolute atomic E-state index is 11.0. The number of halogens is 2. The van der Waals surface area contributed by atoms with E-state index in [9.17, 15) is 13.6 Å². The molecule has 0 aliphatic carbocycles. The van der Waals surface area contributed by atoms with Gasteiger partial charge in [0.1, 0.15) is 0 Å². The lowest BCUT2D eigenvalue weighted by molar-refractivity contribution is 0.121. The summed E-state index contributed by atoms with van der Waals surface area (Å²) in [7, 11) is 1.39. The Morgan fingerprint density at radius 2 is 2.12 bits per heavy atom. The first-order valence-electron chi connectivity index (χ1n) is 4.59. The number of nitrogens with two attached hydrogens (primary N) is 1. The Labute approximate surface area is 96.4 Å². The van der Waals surface area contributed by atoms with E-state index in [1.165, 1.54) is 7.11 Å². The molecule has 1 fully saturated rings. The van der Waals surface area contributed by atoms with Gasteiger partial charge in [0.05, 0.1) is 7.11 Å². The highest BCUT2D eigenvalue weighted by Crippen LogP contribution is 2.16. The molecule has 0 saturated carbocycles. The van der Waals surface area contributed by atoms with Crippen molar-refractivity contribution in [2.24, 2.45) is 5.73 Å². The van der Waals surface area contributed by atoms with Gasteiger partial charge in [-0.3, -0.25) is 0 Å². The number of methoxy groups -OCH3 is 1. The van der Waals surface area contributed by atoms with Crippen LogP contribution >= 0.6 is 0 Å². The van der Waals surface area contributed by atoms with Crippen molar-refractivity contribution in [3.05, 3.63) is 0 Å². The number of carbonyl (C=O) groups is 1. The Morgan fingerprint density at radius 1 is 1.62 bits per heavy atom. The zero-order valence-corrected chi connectivity index (χ0v) is 9.88. The third-order valence-corrected chi connectivity index (χ3v) is 2.23. The van der Waals surface area contributed by atoms with E-state index in [1.807, 2.05) is 6.92 Å². The highest BCUT2D eigenvalue weighted by atomic mass is 32.1. The van der Waals surface area contributed by atoms with Crippen molar-refractivity contribution in [2.75, 3.05) is 13.7 Å². The standard InChI is InChI=1S/C7H14N2O2.CHF2OS/c1-5-3-6(8)4-9(5)7(10)11-2;2-1(3)5-4/h5-6H,3-4,8H2,1-2H3;1H/q;+1. The van der Waals surface area contributed by atoms with Gasteiger partial charge in [-0.2, -0.15) is 0 Å². The van der Waals surface area contributed by atoms with Gasteiger partial charge in [-0.1, -0.05) is 0 Å². The molecule has 5 nitrogen and oxygen atoms in total. The molecule has 0 aromatic rings. The SMILES string of the molecule is COC(=O)N1CC(N)CC1C.O=[S+]C(F)F. The van der Waals surface area contributed by atoms with Crippen molar-refractivity contribution in [3.63, 3.8) is 0 Å². The second kappa shape index (κ2) is 7.39. The van der Waals surface area contributed by atoms with Crippen molar-refractivity contribution >= 4 is 17.8 Å². The largest absolute Gasteiger partial charge is 0.538 e. The Hall–Kier alpha value is -0.890. The van der Waals surface area contributed by atoms with E-state index in [4.69, 9.17) is 9.94 Å². The highest BCUT2D eigenvalue weighted by Gasteiger charge is 2.30. The van der Waals surface area contributed by atoms with Gasteiger partial charge in [-0.15, -0.1) is 8.78 Å². The normalized spacial score (nSPS) is 23.8. The molecule has 16 heavy (non-hydrogen) atoms. The van der Waals surface area contributed by atoms with Crippen LogP contribution in [0, 0.1) is 0 Å². The molecule has 1 rings (SSSR count). The van der Waals surface area contributed by atoms with Gasteiger partial charge in [0.15, 0.2) is 0 Å². The molecule has 0 bridgehead atoms. The minimum absolute atomic E-state index is 0.115. The first-order valence-corrected chi connectivity index (χ1v) is 5.39. The molecule has 1 amide bonds. The lowest BCUT2D eigenvalue weighted by atomic mass is 10.2. The number of ether oxygens (including phenoxy) is 1. The fourth-order valence-electron chi connectivity index (χ4n) is 1.44. The smallest absolute Gasteiger partial charge is 0.453 e. The quantitative estimate of drug-likeness (QED) is 0.706. The van der Waals surface area contributed by atoms with Crippen LogP contribution in [0.15, 0.2) is 0 Å². The fraction of sp³-hybridized carbons (Fsp3) is 0.875. The van der Waals surface area contributed by atoms with Gasteiger partial charge in [-0.05, 0) is 13.3 Å². The van der Waals surface area contributed by atoms with E-state index >= 15 is 0 Å². The molecular formula is C8H15F2N2O3S+. The van der Waals surface area contributed by atoms with Crippen LogP contribution in [-0.2, 0) is 20.6 Å². The molecule has 2 atom stereocenters. The first-order chi connectivity index (χ1) is 7.42. The number of nitrogens with zero attached hydrogens (tertiary/aromatic N) is 1. The lowest BCUT2D eigenvalue weighted by Crippen LogP contribution is -2.35. The van der Waals surface area contributed by atoms with Gasteiger partial charge in [-0.25, -0.2) is 4.79 Å². The molecule has 8 heteroatoms. The molecule has 1 aliphatic rings. The van der Waals surface area contributed by atoms with Crippen molar-refractivity contribution in [1.82, 2.24) is 4.90 Å². The lowest BCUT2D eigenvalue weighted by Gasteiger charge is -2.18. The zero-order valence-electron chi connectivity index (χ0n) is 9.06. The molecule has 2 N–H and O–H groups in total. The monoisotopic (exact) mass is 257 g/mol. The number of rotatable bonds is 1. The zero-order chi connectivity index (χ0) is 12.7. The van der Waals surface area contributed by atoms with Crippen LogP contribution in [0.5, 0.6) is 0 Å². The van der Waals surface area contributed by atoms with E-state index in [0.717, 1.165) is 6.42 Å². The van der Waals surface area contributed by atoms with E-state index in [2.05, 4.69) is 4.74 Å². The van der Waals surface area contributed by atoms with Crippen LogP contribution in [0.3, 0.4) is 0 Å². The predicted octanol–water partition coefficient (Wildman–Crippen LogP) is 0.811.